The Bertz CT molecular complexity index is 1860. The summed E-state index contributed by atoms with van der Waals surface area (Å²) in [4.78, 5) is 65.4. The molecule has 0 saturated heterocycles. The van der Waals surface area contributed by atoms with E-state index in [9.17, 15) is 29.4 Å². The van der Waals surface area contributed by atoms with E-state index in [1.807, 2.05) is 52.0 Å². The molecule has 2 aliphatic heterocycles. The summed E-state index contributed by atoms with van der Waals surface area (Å²) in [5.74, 6) is -2.30. The quantitative estimate of drug-likeness (QED) is 0.199. The third-order valence-corrected chi connectivity index (χ3v) is 8.68. The fourth-order valence-corrected chi connectivity index (χ4v) is 5.02. The SMILES string of the molecule is CC(C)C1(C)N=C(c2nc3ccccc3cc2C(=O)O)NC1=O.CC(C)C1(C)N=C(c2nc3ccccc3cc2C(=O)O)NC1=O.N. The highest BCUT2D eigenvalue weighted by molar-refractivity contribution is 6.19. The first-order valence-corrected chi connectivity index (χ1v) is 14.7. The molecule has 6 rings (SSSR count). The van der Waals surface area contributed by atoms with Gasteiger partial charge < -0.3 is 27.0 Å². The molecule has 4 heterocycles. The van der Waals surface area contributed by atoms with Gasteiger partial charge in [0.1, 0.15) is 22.5 Å². The van der Waals surface area contributed by atoms with Gasteiger partial charge in [0.2, 0.25) is 0 Å². The lowest BCUT2D eigenvalue weighted by molar-refractivity contribution is -0.125. The number of aliphatic imine (C=N–C) groups is 2. The first-order valence-electron chi connectivity index (χ1n) is 14.7. The number of benzene rings is 2. The topological polar surface area (TPSA) is 218 Å². The largest absolute Gasteiger partial charge is 0.478 e. The van der Waals surface area contributed by atoms with Crippen molar-refractivity contribution >= 4 is 57.2 Å². The second-order valence-corrected chi connectivity index (χ2v) is 12.2. The monoisotopic (exact) mass is 639 g/mol. The van der Waals surface area contributed by atoms with Crippen LogP contribution in [0.25, 0.3) is 21.8 Å². The number of hydrogen-bond acceptors (Lipinski definition) is 9. The molecule has 2 amide bonds. The van der Waals surface area contributed by atoms with Gasteiger partial charge in [0, 0.05) is 10.8 Å². The number of carbonyl (C=O) groups excluding carboxylic acids is 2. The van der Waals surface area contributed by atoms with E-state index in [1.165, 1.54) is 0 Å². The zero-order chi connectivity index (χ0) is 33.6. The number of carboxylic acid groups (broad SMARTS) is 2. The minimum Gasteiger partial charge on any atom is -0.478 e. The number of carbonyl (C=O) groups is 4. The van der Waals surface area contributed by atoms with Crippen LogP contribution < -0.4 is 16.8 Å². The Morgan fingerprint density at radius 1 is 0.660 bits per heavy atom. The third-order valence-electron chi connectivity index (χ3n) is 8.68. The van der Waals surface area contributed by atoms with Crippen molar-refractivity contribution in [2.24, 2.45) is 21.8 Å². The van der Waals surface area contributed by atoms with Crippen LogP contribution in [0.3, 0.4) is 0 Å². The molecule has 2 atom stereocenters. The summed E-state index contributed by atoms with van der Waals surface area (Å²) in [5, 5.41) is 25.8. The van der Waals surface area contributed by atoms with Crippen molar-refractivity contribution in [3.8, 4) is 0 Å². The minimum atomic E-state index is -1.10. The van der Waals surface area contributed by atoms with Gasteiger partial charge in [-0.1, -0.05) is 64.1 Å². The minimum absolute atomic E-state index is 0. The van der Waals surface area contributed by atoms with Gasteiger partial charge in [-0.15, -0.1) is 0 Å². The van der Waals surface area contributed by atoms with E-state index in [0.717, 1.165) is 10.8 Å². The Labute approximate surface area is 270 Å². The van der Waals surface area contributed by atoms with Gasteiger partial charge in [0.05, 0.1) is 22.2 Å². The maximum atomic E-state index is 12.3. The maximum Gasteiger partial charge on any atom is 0.338 e. The summed E-state index contributed by atoms with van der Waals surface area (Å²) in [6.07, 6.45) is 0. The fraction of sp³-hybridized carbons (Fsp3) is 0.294. The van der Waals surface area contributed by atoms with Crippen LogP contribution in [0.15, 0.2) is 70.6 Å². The smallest absolute Gasteiger partial charge is 0.338 e. The zero-order valence-corrected chi connectivity index (χ0v) is 27.0. The van der Waals surface area contributed by atoms with E-state index in [4.69, 9.17) is 0 Å². The lowest BCUT2D eigenvalue weighted by Crippen LogP contribution is -2.41. The molecule has 2 unspecified atom stereocenters. The van der Waals surface area contributed by atoms with E-state index < -0.39 is 23.0 Å². The molecule has 0 saturated carbocycles. The van der Waals surface area contributed by atoms with Crippen molar-refractivity contribution in [1.82, 2.24) is 26.8 Å². The molecule has 47 heavy (non-hydrogen) atoms. The molecule has 4 aromatic rings. The molecule has 2 aromatic heterocycles. The second kappa shape index (κ2) is 12.7. The normalized spacial score (nSPS) is 20.3. The van der Waals surface area contributed by atoms with Gasteiger partial charge >= 0.3 is 11.9 Å². The van der Waals surface area contributed by atoms with Crippen molar-refractivity contribution in [3.63, 3.8) is 0 Å². The summed E-state index contributed by atoms with van der Waals surface area (Å²) >= 11 is 0. The van der Waals surface area contributed by atoms with Gasteiger partial charge in [-0.2, -0.15) is 0 Å². The van der Waals surface area contributed by atoms with Crippen LogP contribution in [-0.4, -0.2) is 66.7 Å². The summed E-state index contributed by atoms with van der Waals surface area (Å²) in [5.41, 5.74) is -0.101. The Morgan fingerprint density at radius 2 is 1.00 bits per heavy atom. The molecular weight excluding hydrogens is 602 g/mol. The van der Waals surface area contributed by atoms with Crippen LogP contribution in [0.2, 0.25) is 0 Å². The number of pyridine rings is 2. The molecule has 0 radical (unpaired) electrons. The van der Waals surface area contributed by atoms with E-state index in [-0.39, 0.29) is 64.0 Å². The Balaban J connectivity index is 0.000000208. The van der Waals surface area contributed by atoms with E-state index in [0.29, 0.717) is 11.0 Å². The van der Waals surface area contributed by atoms with Crippen LogP contribution >= 0.6 is 0 Å². The van der Waals surface area contributed by atoms with E-state index >= 15 is 0 Å². The molecule has 244 valence electrons. The molecular formula is C34H37N7O6. The van der Waals surface area contributed by atoms with Crippen molar-refractivity contribution < 1.29 is 29.4 Å². The van der Waals surface area contributed by atoms with E-state index in [2.05, 4.69) is 30.6 Å². The number of fused-ring (bicyclic) bond motifs is 2. The zero-order valence-electron chi connectivity index (χ0n) is 27.0. The molecule has 0 fully saturated rings. The van der Waals surface area contributed by atoms with Crippen molar-refractivity contribution in [2.75, 3.05) is 0 Å². The Kier molecular flexibility index (Phi) is 9.26. The average Bonchev–Trinajstić information content (AvgIpc) is 3.51. The molecule has 0 bridgehead atoms. The predicted molar refractivity (Wildman–Crippen MR) is 178 cm³/mol. The number of aromatic carboxylic acids is 2. The van der Waals surface area contributed by atoms with Gasteiger partial charge in [0.25, 0.3) is 11.8 Å². The van der Waals surface area contributed by atoms with Crippen LogP contribution in [0.1, 0.15) is 73.6 Å². The van der Waals surface area contributed by atoms with E-state index in [1.54, 1.807) is 50.2 Å². The fourth-order valence-electron chi connectivity index (χ4n) is 5.02. The van der Waals surface area contributed by atoms with Crippen LogP contribution in [-0.2, 0) is 9.59 Å². The number of carboxylic acids is 2. The summed E-state index contributed by atoms with van der Waals surface area (Å²) in [6.45, 7) is 11.1. The van der Waals surface area contributed by atoms with Crippen molar-refractivity contribution in [1.29, 1.82) is 0 Å². The number of nitrogens with one attached hydrogen (secondary N) is 2. The second-order valence-electron chi connectivity index (χ2n) is 12.2. The number of para-hydroxylation sites is 2. The number of rotatable bonds is 6. The van der Waals surface area contributed by atoms with Crippen molar-refractivity contribution in [3.05, 3.63) is 83.2 Å². The molecule has 2 aliphatic rings. The standard InChI is InChI=1S/2C17H17N3O3.H3N/c2*1-9(2)17(3)16(23)19-14(20-17)13-11(15(21)22)8-10-6-4-5-7-12(10)18-13;/h2*4-9H,1-3H3,(H,21,22)(H,19,20,23);1H3. The number of amidine groups is 2. The van der Waals surface area contributed by atoms with Gasteiger partial charge in [-0.3, -0.25) is 9.59 Å². The number of amides is 2. The third kappa shape index (κ3) is 6.17. The molecule has 7 N–H and O–H groups in total. The highest BCUT2D eigenvalue weighted by atomic mass is 16.4. The summed E-state index contributed by atoms with van der Waals surface area (Å²) in [7, 11) is 0. The average molecular weight is 640 g/mol. The summed E-state index contributed by atoms with van der Waals surface area (Å²) in [6, 6.07) is 17.6. The first kappa shape index (κ1) is 34.3. The Hall–Kier alpha value is -5.56. The van der Waals surface area contributed by atoms with Crippen LogP contribution in [0.5, 0.6) is 0 Å². The number of hydrogen-bond donors (Lipinski definition) is 5. The molecule has 2 aromatic carbocycles. The summed E-state index contributed by atoms with van der Waals surface area (Å²) < 4.78 is 0. The molecule has 13 nitrogen and oxygen atoms in total. The molecule has 0 spiro atoms. The Morgan fingerprint density at radius 3 is 1.30 bits per heavy atom. The number of aromatic nitrogens is 2. The number of nitrogens with zero attached hydrogens (tertiary/aromatic N) is 4. The lowest BCUT2D eigenvalue weighted by Gasteiger charge is -2.21. The highest BCUT2D eigenvalue weighted by Crippen LogP contribution is 2.29. The molecule has 0 aliphatic carbocycles. The van der Waals surface area contributed by atoms with Crippen LogP contribution in [0.4, 0.5) is 0 Å². The first-order chi connectivity index (χ1) is 21.7. The van der Waals surface area contributed by atoms with Gasteiger partial charge in [0.15, 0.2) is 11.7 Å². The van der Waals surface area contributed by atoms with Gasteiger partial charge in [-0.05, 0) is 49.9 Å². The van der Waals surface area contributed by atoms with Crippen LogP contribution in [0, 0.1) is 11.8 Å². The molecule has 13 heteroatoms. The lowest BCUT2D eigenvalue weighted by atomic mass is 9.89. The van der Waals surface area contributed by atoms with Gasteiger partial charge in [-0.25, -0.2) is 29.5 Å². The van der Waals surface area contributed by atoms with Crippen molar-refractivity contribution in [2.45, 2.75) is 52.6 Å². The highest BCUT2D eigenvalue weighted by Gasteiger charge is 2.44. The maximum absolute atomic E-state index is 12.3. The predicted octanol–water partition coefficient (Wildman–Crippen LogP) is 4.61.